The number of aliphatic hydroxyl groups is 1. The molecule has 0 saturated carbocycles. The first-order valence-electron chi connectivity index (χ1n) is 13.2. The van der Waals surface area contributed by atoms with Crippen molar-refractivity contribution in [2.45, 2.75) is 57.7 Å². The number of ether oxygens (including phenoxy) is 4. The van der Waals surface area contributed by atoms with E-state index < -0.39 is 6.10 Å². The third-order valence-electron chi connectivity index (χ3n) is 6.96. The van der Waals surface area contributed by atoms with Gasteiger partial charge in [0.1, 0.15) is 49.3 Å². The van der Waals surface area contributed by atoms with Crippen LogP contribution in [0.2, 0.25) is 0 Å². The van der Waals surface area contributed by atoms with Gasteiger partial charge in [0.2, 0.25) is 0 Å². The molecule has 0 aliphatic carbocycles. The van der Waals surface area contributed by atoms with E-state index in [9.17, 15) is 5.11 Å². The summed E-state index contributed by atoms with van der Waals surface area (Å²) < 4.78 is 28.1. The number of rotatable bonds is 11. The van der Waals surface area contributed by atoms with Crippen LogP contribution in [0, 0.1) is 0 Å². The van der Waals surface area contributed by atoms with Crippen molar-refractivity contribution in [3.8, 4) is 17.2 Å². The van der Waals surface area contributed by atoms with Crippen LogP contribution in [0.15, 0.2) is 63.2 Å². The standard InChI is InChI=1S/C31H32Br6O5/c1-30(2,3)16-6-21(32)27(22(33)7-16)40-12-19(38)13-41-28-23(34)8-17(9-24(28)35)31(4,5)18-10-25(36)29(26(37)11-18)42-15-20-14-39-20/h6-11,19-20,38H,12-15H2,1-5H3. The molecule has 1 saturated heterocycles. The molecule has 1 heterocycles. The van der Waals surface area contributed by atoms with E-state index in [1.807, 2.05) is 24.3 Å². The van der Waals surface area contributed by atoms with Crippen molar-refractivity contribution in [3.05, 3.63) is 79.9 Å². The summed E-state index contributed by atoms with van der Waals surface area (Å²) in [6, 6.07) is 12.4. The molecule has 4 rings (SSSR count). The van der Waals surface area contributed by atoms with Crippen LogP contribution in [0.3, 0.4) is 0 Å². The highest BCUT2D eigenvalue weighted by Gasteiger charge is 2.29. The molecule has 0 spiro atoms. The fraction of sp³-hybridized carbons (Fsp3) is 0.419. The van der Waals surface area contributed by atoms with E-state index in [1.54, 1.807) is 0 Å². The second-order valence-electron chi connectivity index (χ2n) is 11.7. The molecule has 0 amide bonds. The zero-order valence-corrected chi connectivity index (χ0v) is 33.3. The first-order chi connectivity index (χ1) is 19.6. The van der Waals surface area contributed by atoms with Gasteiger partial charge < -0.3 is 24.1 Å². The van der Waals surface area contributed by atoms with Gasteiger partial charge in [-0.05, 0) is 154 Å². The first-order valence-corrected chi connectivity index (χ1v) is 18.0. The summed E-state index contributed by atoms with van der Waals surface area (Å²) in [5.41, 5.74) is 3.00. The molecule has 0 radical (unpaired) electrons. The van der Waals surface area contributed by atoms with Gasteiger partial charge in [0.25, 0.3) is 0 Å². The predicted molar refractivity (Wildman–Crippen MR) is 189 cm³/mol. The van der Waals surface area contributed by atoms with Gasteiger partial charge >= 0.3 is 0 Å². The summed E-state index contributed by atoms with van der Waals surface area (Å²) in [6.07, 6.45) is -0.665. The van der Waals surface area contributed by atoms with Crippen molar-refractivity contribution in [2.75, 3.05) is 26.4 Å². The number of halogens is 6. The lowest BCUT2D eigenvalue weighted by Crippen LogP contribution is -2.25. The molecule has 5 nitrogen and oxygen atoms in total. The van der Waals surface area contributed by atoms with Crippen molar-refractivity contribution in [1.29, 1.82) is 0 Å². The molecule has 3 aromatic rings. The van der Waals surface area contributed by atoms with Gasteiger partial charge in [0, 0.05) is 5.41 Å². The lowest BCUT2D eigenvalue weighted by Gasteiger charge is -2.28. The van der Waals surface area contributed by atoms with Crippen LogP contribution in [0.25, 0.3) is 0 Å². The van der Waals surface area contributed by atoms with E-state index in [2.05, 4.69) is 142 Å². The molecular formula is C31H32Br6O5. The lowest BCUT2D eigenvalue weighted by atomic mass is 9.78. The van der Waals surface area contributed by atoms with Crippen LogP contribution < -0.4 is 14.2 Å². The highest BCUT2D eigenvalue weighted by Crippen LogP contribution is 2.44. The molecule has 2 atom stereocenters. The zero-order valence-electron chi connectivity index (χ0n) is 23.8. The van der Waals surface area contributed by atoms with Gasteiger partial charge in [-0.15, -0.1) is 0 Å². The Labute approximate surface area is 298 Å². The lowest BCUT2D eigenvalue weighted by molar-refractivity contribution is 0.0615. The largest absolute Gasteiger partial charge is 0.488 e. The number of benzene rings is 3. The molecular weight excluding hydrogens is 932 g/mol. The Hall–Kier alpha value is -0.140. The van der Waals surface area contributed by atoms with Gasteiger partial charge in [0.05, 0.1) is 33.4 Å². The van der Waals surface area contributed by atoms with Crippen molar-refractivity contribution < 1.29 is 24.1 Å². The van der Waals surface area contributed by atoms with Crippen LogP contribution in [0.4, 0.5) is 0 Å². The van der Waals surface area contributed by atoms with Gasteiger partial charge in [-0.1, -0.05) is 34.6 Å². The molecule has 2 unspecified atom stereocenters. The summed E-state index contributed by atoms with van der Waals surface area (Å²) in [5, 5.41) is 10.7. The Bertz CT molecular complexity index is 1380. The highest BCUT2D eigenvalue weighted by molar-refractivity contribution is 9.11. The minimum Gasteiger partial charge on any atom is -0.488 e. The molecule has 1 N–H and O–H groups in total. The maximum absolute atomic E-state index is 10.7. The first kappa shape index (κ1) is 34.7. The van der Waals surface area contributed by atoms with E-state index >= 15 is 0 Å². The number of aliphatic hydroxyl groups excluding tert-OH is 1. The molecule has 0 bridgehead atoms. The van der Waals surface area contributed by atoms with Gasteiger partial charge in [0.15, 0.2) is 0 Å². The third kappa shape index (κ3) is 8.56. The van der Waals surface area contributed by atoms with Crippen LogP contribution in [0.5, 0.6) is 17.2 Å². The maximum atomic E-state index is 10.7. The summed E-state index contributed by atoms with van der Waals surface area (Å²) >= 11 is 21.9. The molecule has 0 aromatic heterocycles. The zero-order chi connectivity index (χ0) is 31.0. The summed E-state index contributed by atoms with van der Waals surface area (Å²) in [6.45, 7) is 12.2. The molecule has 1 fully saturated rings. The second kappa shape index (κ2) is 14.1. The Balaban J connectivity index is 1.42. The quantitative estimate of drug-likeness (QED) is 0.194. The normalized spacial score (nSPS) is 15.9. The number of hydrogen-bond acceptors (Lipinski definition) is 5. The predicted octanol–water partition coefficient (Wildman–Crippen LogP) is 10.5. The Morgan fingerprint density at radius 1 is 0.667 bits per heavy atom. The summed E-state index contributed by atoms with van der Waals surface area (Å²) in [7, 11) is 0. The van der Waals surface area contributed by atoms with Crippen molar-refractivity contribution in [3.63, 3.8) is 0 Å². The van der Waals surface area contributed by atoms with Crippen molar-refractivity contribution in [2.24, 2.45) is 0 Å². The Kier molecular flexibility index (Phi) is 11.7. The van der Waals surface area contributed by atoms with Crippen LogP contribution in [0.1, 0.15) is 51.3 Å². The monoisotopic (exact) mass is 958 g/mol. The minimum absolute atomic E-state index is 0.000997. The second-order valence-corrected chi connectivity index (χ2v) is 16.9. The molecule has 1 aliphatic rings. The fourth-order valence-electron chi connectivity index (χ4n) is 4.16. The third-order valence-corrected chi connectivity index (χ3v) is 10.5. The maximum Gasteiger partial charge on any atom is 0.147 e. The molecule has 1 aliphatic heterocycles. The average molecular weight is 964 g/mol. The van der Waals surface area contributed by atoms with E-state index in [-0.39, 0.29) is 30.1 Å². The summed E-state index contributed by atoms with van der Waals surface area (Å²) in [5.74, 6) is 2.02. The summed E-state index contributed by atoms with van der Waals surface area (Å²) in [4.78, 5) is 0. The van der Waals surface area contributed by atoms with Gasteiger partial charge in [-0.25, -0.2) is 0 Å². The smallest absolute Gasteiger partial charge is 0.147 e. The van der Waals surface area contributed by atoms with Crippen LogP contribution in [-0.2, 0) is 15.6 Å². The van der Waals surface area contributed by atoms with Crippen molar-refractivity contribution >= 4 is 95.6 Å². The Morgan fingerprint density at radius 3 is 1.33 bits per heavy atom. The number of epoxide rings is 1. The molecule has 3 aromatic carbocycles. The molecule has 11 heteroatoms. The SMILES string of the molecule is CC(C)(C)c1cc(Br)c(OCC(O)COc2c(Br)cc(C(C)(C)c3cc(Br)c(OCC4CO4)c(Br)c3)cc2Br)c(Br)c1. The topological polar surface area (TPSA) is 60.5 Å². The van der Waals surface area contributed by atoms with E-state index in [0.29, 0.717) is 18.1 Å². The average Bonchev–Trinajstić information content (AvgIpc) is 3.71. The van der Waals surface area contributed by atoms with Crippen molar-refractivity contribution in [1.82, 2.24) is 0 Å². The van der Waals surface area contributed by atoms with Crippen LogP contribution >= 0.6 is 95.6 Å². The highest BCUT2D eigenvalue weighted by atomic mass is 79.9. The fourth-order valence-corrected chi connectivity index (χ4v) is 8.41. The van der Waals surface area contributed by atoms with E-state index in [0.717, 1.165) is 50.3 Å². The van der Waals surface area contributed by atoms with Gasteiger partial charge in [-0.3, -0.25) is 0 Å². The molecule has 228 valence electrons. The molecule has 42 heavy (non-hydrogen) atoms. The van der Waals surface area contributed by atoms with Gasteiger partial charge in [-0.2, -0.15) is 0 Å². The van der Waals surface area contributed by atoms with E-state index in [4.69, 9.17) is 18.9 Å². The van der Waals surface area contributed by atoms with Crippen LogP contribution in [-0.4, -0.2) is 43.7 Å². The van der Waals surface area contributed by atoms with E-state index in [1.165, 1.54) is 5.56 Å². The Morgan fingerprint density at radius 2 is 1.00 bits per heavy atom. The minimum atomic E-state index is -0.845. The number of hydrogen-bond donors (Lipinski definition) is 1.